The molecule has 27 heavy (non-hydrogen) atoms. The molecule has 142 valence electrons. The van der Waals surface area contributed by atoms with Crippen LogP contribution in [0.3, 0.4) is 0 Å². The van der Waals surface area contributed by atoms with Gasteiger partial charge in [-0.05, 0) is 47.4 Å². The average Bonchev–Trinajstić information content (AvgIpc) is 3.08. The number of nitrogen functional groups attached to an aromatic ring is 1. The van der Waals surface area contributed by atoms with Crippen molar-refractivity contribution in [3.8, 4) is 23.0 Å². The van der Waals surface area contributed by atoms with Crippen LogP contribution in [-0.4, -0.2) is 34.2 Å². The fraction of sp³-hybridized carbons (Fsp3) is 0.286. The van der Waals surface area contributed by atoms with Crippen molar-refractivity contribution in [2.75, 3.05) is 34.2 Å². The van der Waals surface area contributed by atoms with Crippen LogP contribution in [0.4, 0.5) is 5.69 Å². The molecule has 0 unspecified atom stereocenters. The predicted octanol–water partition coefficient (Wildman–Crippen LogP) is 3.58. The Kier molecular flexibility index (Phi) is 5.26. The Hall–Kier alpha value is -3.15. The Balaban J connectivity index is 2.19. The summed E-state index contributed by atoms with van der Waals surface area (Å²) in [6, 6.07) is 9.17. The Labute approximate surface area is 158 Å². The van der Waals surface area contributed by atoms with Gasteiger partial charge in [-0.25, -0.2) is 0 Å². The fourth-order valence-electron chi connectivity index (χ4n) is 3.43. The van der Waals surface area contributed by atoms with Gasteiger partial charge in [0.05, 0.1) is 34.1 Å². The molecule has 6 nitrogen and oxygen atoms in total. The standard InChI is InChI=1S/C21H23NO5/c1-24-17-8-5-12(9-15(17)22)14-6-7-16(23)20(14)13-10-18(25-2)21(27-4)19(11-13)26-3/h5,8-11H,6-7,22H2,1-4H3. The van der Waals surface area contributed by atoms with Gasteiger partial charge >= 0.3 is 0 Å². The maximum atomic E-state index is 12.7. The predicted molar refractivity (Wildman–Crippen MR) is 105 cm³/mol. The zero-order valence-corrected chi connectivity index (χ0v) is 15.9. The van der Waals surface area contributed by atoms with E-state index in [9.17, 15) is 4.79 Å². The molecule has 0 amide bonds. The molecule has 0 fully saturated rings. The second-order valence-corrected chi connectivity index (χ2v) is 6.15. The highest BCUT2D eigenvalue weighted by molar-refractivity contribution is 6.31. The highest BCUT2D eigenvalue weighted by Crippen LogP contribution is 2.44. The van der Waals surface area contributed by atoms with Gasteiger partial charge in [-0.1, -0.05) is 6.07 Å². The van der Waals surface area contributed by atoms with Crippen LogP contribution in [0.2, 0.25) is 0 Å². The Morgan fingerprint density at radius 2 is 1.41 bits per heavy atom. The zero-order valence-electron chi connectivity index (χ0n) is 15.9. The highest BCUT2D eigenvalue weighted by atomic mass is 16.5. The minimum atomic E-state index is 0.0775. The van der Waals surface area contributed by atoms with Gasteiger partial charge in [-0.15, -0.1) is 0 Å². The Bertz CT molecular complexity index is 892. The minimum absolute atomic E-state index is 0.0775. The molecule has 2 aromatic rings. The first kappa shape index (κ1) is 18.6. The summed E-state index contributed by atoms with van der Waals surface area (Å²) in [5, 5.41) is 0. The van der Waals surface area contributed by atoms with Gasteiger partial charge in [0, 0.05) is 12.0 Å². The molecule has 0 saturated heterocycles. The second kappa shape index (κ2) is 7.61. The highest BCUT2D eigenvalue weighted by Gasteiger charge is 2.27. The summed E-state index contributed by atoms with van der Waals surface area (Å²) in [5.74, 6) is 2.19. The van der Waals surface area contributed by atoms with Crippen molar-refractivity contribution in [3.05, 3.63) is 41.5 Å². The number of carbonyl (C=O) groups is 1. The molecule has 0 aromatic heterocycles. The van der Waals surface area contributed by atoms with Crippen LogP contribution in [0, 0.1) is 0 Å². The van der Waals surface area contributed by atoms with Gasteiger partial charge in [-0.2, -0.15) is 0 Å². The number of rotatable bonds is 6. The van der Waals surface area contributed by atoms with E-state index < -0.39 is 0 Å². The average molecular weight is 369 g/mol. The fourth-order valence-corrected chi connectivity index (χ4v) is 3.43. The number of anilines is 1. The van der Waals surface area contributed by atoms with Crippen LogP contribution in [0.15, 0.2) is 30.3 Å². The van der Waals surface area contributed by atoms with Gasteiger partial charge in [0.1, 0.15) is 5.75 Å². The number of carbonyl (C=O) groups excluding carboxylic acids is 1. The third-order valence-corrected chi connectivity index (χ3v) is 4.71. The molecule has 1 aliphatic rings. The third kappa shape index (κ3) is 3.30. The Morgan fingerprint density at radius 3 is 1.93 bits per heavy atom. The summed E-state index contributed by atoms with van der Waals surface area (Å²) in [6.45, 7) is 0. The van der Waals surface area contributed by atoms with Gasteiger partial charge in [-0.3, -0.25) is 4.79 Å². The van der Waals surface area contributed by atoms with Crippen molar-refractivity contribution in [2.45, 2.75) is 12.8 Å². The van der Waals surface area contributed by atoms with Crippen LogP contribution < -0.4 is 24.7 Å². The van der Waals surface area contributed by atoms with E-state index in [1.54, 1.807) is 40.6 Å². The molecule has 0 radical (unpaired) electrons. The number of allylic oxidation sites excluding steroid dienone is 2. The molecule has 0 spiro atoms. The molecule has 0 heterocycles. The summed E-state index contributed by atoms with van der Waals surface area (Å²) >= 11 is 0. The summed E-state index contributed by atoms with van der Waals surface area (Å²) in [5.41, 5.74) is 9.83. The van der Waals surface area contributed by atoms with Crippen LogP contribution in [0.5, 0.6) is 23.0 Å². The molecule has 6 heteroatoms. The van der Waals surface area contributed by atoms with Crippen LogP contribution in [-0.2, 0) is 4.79 Å². The van der Waals surface area contributed by atoms with Crippen molar-refractivity contribution in [1.29, 1.82) is 0 Å². The summed E-state index contributed by atoms with van der Waals surface area (Å²) < 4.78 is 21.5. The molecule has 0 aliphatic heterocycles. The van der Waals surface area contributed by atoms with E-state index in [0.29, 0.717) is 47.1 Å². The van der Waals surface area contributed by atoms with E-state index >= 15 is 0 Å². The zero-order chi connectivity index (χ0) is 19.6. The van der Waals surface area contributed by atoms with E-state index in [0.717, 1.165) is 16.7 Å². The van der Waals surface area contributed by atoms with E-state index in [1.165, 1.54) is 0 Å². The summed E-state index contributed by atoms with van der Waals surface area (Å²) in [4.78, 5) is 12.7. The molecule has 1 aliphatic carbocycles. The molecular formula is C21H23NO5. The summed E-state index contributed by atoms with van der Waals surface area (Å²) in [6.07, 6.45) is 1.10. The number of ketones is 1. The molecule has 2 aromatic carbocycles. The summed E-state index contributed by atoms with van der Waals surface area (Å²) in [7, 11) is 6.23. The van der Waals surface area contributed by atoms with E-state index in [-0.39, 0.29) is 5.78 Å². The lowest BCUT2D eigenvalue weighted by Crippen LogP contribution is -2.01. The van der Waals surface area contributed by atoms with Gasteiger partial charge in [0.2, 0.25) is 5.75 Å². The molecule has 0 atom stereocenters. The first-order valence-electron chi connectivity index (χ1n) is 8.54. The van der Waals surface area contributed by atoms with Crippen molar-refractivity contribution in [1.82, 2.24) is 0 Å². The molecular weight excluding hydrogens is 346 g/mol. The third-order valence-electron chi connectivity index (χ3n) is 4.71. The first-order valence-corrected chi connectivity index (χ1v) is 8.54. The number of benzene rings is 2. The van der Waals surface area contributed by atoms with E-state index in [4.69, 9.17) is 24.7 Å². The second-order valence-electron chi connectivity index (χ2n) is 6.15. The van der Waals surface area contributed by atoms with E-state index in [1.807, 2.05) is 18.2 Å². The molecule has 0 saturated carbocycles. The number of methoxy groups -OCH3 is 4. The number of nitrogens with two attached hydrogens (primary N) is 1. The largest absolute Gasteiger partial charge is 0.495 e. The maximum Gasteiger partial charge on any atom is 0.203 e. The lowest BCUT2D eigenvalue weighted by Gasteiger charge is -2.15. The van der Waals surface area contributed by atoms with Crippen molar-refractivity contribution in [2.24, 2.45) is 0 Å². The van der Waals surface area contributed by atoms with Crippen LogP contribution in [0.1, 0.15) is 24.0 Å². The van der Waals surface area contributed by atoms with Crippen molar-refractivity contribution >= 4 is 22.6 Å². The normalized spacial score (nSPS) is 13.7. The SMILES string of the molecule is COc1ccc(C2=C(c3cc(OC)c(OC)c(OC)c3)C(=O)CC2)cc1N. The number of ether oxygens (including phenoxy) is 4. The van der Waals surface area contributed by atoms with Crippen LogP contribution in [0.25, 0.3) is 11.1 Å². The van der Waals surface area contributed by atoms with Gasteiger partial charge in [0.25, 0.3) is 0 Å². The maximum absolute atomic E-state index is 12.7. The van der Waals surface area contributed by atoms with E-state index in [2.05, 4.69) is 0 Å². The minimum Gasteiger partial charge on any atom is -0.495 e. The number of hydrogen-bond acceptors (Lipinski definition) is 6. The Morgan fingerprint density at radius 1 is 0.778 bits per heavy atom. The molecule has 2 N–H and O–H groups in total. The van der Waals surface area contributed by atoms with Crippen LogP contribution >= 0.6 is 0 Å². The van der Waals surface area contributed by atoms with Crippen molar-refractivity contribution in [3.63, 3.8) is 0 Å². The number of hydrogen-bond donors (Lipinski definition) is 1. The monoisotopic (exact) mass is 369 g/mol. The van der Waals surface area contributed by atoms with Crippen molar-refractivity contribution < 1.29 is 23.7 Å². The molecule has 3 rings (SSSR count). The smallest absolute Gasteiger partial charge is 0.203 e. The first-order chi connectivity index (χ1) is 13.0. The molecule has 0 bridgehead atoms. The topological polar surface area (TPSA) is 80.0 Å². The lowest BCUT2D eigenvalue weighted by molar-refractivity contribution is -0.113. The lowest BCUT2D eigenvalue weighted by atomic mass is 9.95. The van der Waals surface area contributed by atoms with Gasteiger partial charge in [0.15, 0.2) is 17.3 Å². The van der Waals surface area contributed by atoms with Gasteiger partial charge < -0.3 is 24.7 Å². The number of Topliss-reactive ketones (excluding diaryl/α,β-unsaturated/α-hetero) is 1. The quantitative estimate of drug-likeness (QED) is 0.784.